The molecule has 2 N–H and O–H groups in total. The highest BCUT2D eigenvalue weighted by atomic mass is 16.3. The number of rotatable bonds is 3. The first-order valence-electron chi connectivity index (χ1n) is 5.31. The molecule has 14 heavy (non-hydrogen) atoms. The number of hydrogen-bond acceptors (Lipinski definition) is 2. The molecule has 1 atom stereocenters. The minimum absolute atomic E-state index is 0.156. The molecule has 0 aromatic heterocycles. The van der Waals surface area contributed by atoms with E-state index in [4.69, 9.17) is 0 Å². The molecule has 0 amide bonds. The topological polar surface area (TPSA) is 32.3 Å². The smallest absolute Gasteiger partial charge is 0.0684 e. The number of nitrogens with one attached hydrogen (secondary N) is 1. The SMILES string of the molecule is OCc1ccccc1CC1CCCN1. The average Bonchev–Trinajstić information content (AvgIpc) is 2.71. The number of aliphatic hydroxyl groups is 1. The van der Waals surface area contributed by atoms with Gasteiger partial charge in [0.1, 0.15) is 0 Å². The summed E-state index contributed by atoms with van der Waals surface area (Å²) >= 11 is 0. The first-order valence-corrected chi connectivity index (χ1v) is 5.31. The second-order valence-corrected chi connectivity index (χ2v) is 3.92. The quantitative estimate of drug-likeness (QED) is 0.758. The molecule has 2 rings (SSSR count). The summed E-state index contributed by atoms with van der Waals surface area (Å²) in [5.41, 5.74) is 2.36. The lowest BCUT2D eigenvalue weighted by atomic mass is 10.00. The third-order valence-electron chi connectivity index (χ3n) is 2.92. The molecule has 0 spiro atoms. The molecule has 1 aliphatic rings. The zero-order valence-corrected chi connectivity index (χ0v) is 8.37. The summed E-state index contributed by atoms with van der Waals surface area (Å²) in [6.07, 6.45) is 3.60. The molecule has 76 valence electrons. The summed E-state index contributed by atoms with van der Waals surface area (Å²) in [7, 11) is 0. The Hall–Kier alpha value is -0.860. The minimum atomic E-state index is 0.156. The van der Waals surface area contributed by atoms with E-state index in [2.05, 4.69) is 11.4 Å². The van der Waals surface area contributed by atoms with Crippen molar-refractivity contribution in [2.24, 2.45) is 0 Å². The van der Waals surface area contributed by atoms with Crippen LogP contribution in [0.4, 0.5) is 0 Å². The molecule has 2 heteroatoms. The molecular formula is C12H17NO. The second kappa shape index (κ2) is 4.58. The summed E-state index contributed by atoms with van der Waals surface area (Å²) in [6.45, 7) is 1.30. The molecule has 1 aromatic carbocycles. The molecule has 0 radical (unpaired) electrons. The lowest BCUT2D eigenvalue weighted by Gasteiger charge is -2.12. The van der Waals surface area contributed by atoms with Gasteiger partial charge < -0.3 is 10.4 Å². The molecule has 1 saturated heterocycles. The van der Waals surface area contributed by atoms with Crippen LogP contribution >= 0.6 is 0 Å². The molecule has 1 fully saturated rings. The van der Waals surface area contributed by atoms with Gasteiger partial charge in [0, 0.05) is 6.04 Å². The van der Waals surface area contributed by atoms with Gasteiger partial charge in [0.15, 0.2) is 0 Å². The molecule has 0 aliphatic carbocycles. The van der Waals surface area contributed by atoms with Crippen molar-refractivity contribution in [1.82, 2.24) is 5.32 Å². The van der Waals surface area contributed by atoms with Crippen LogP contribution in [-0.4, -0.2) is 17.7 Å². The fourth-order valence-electron chi connectivity index (χ4n) is 2.11. The highest BCUT2D eigenvalue weighted by Crippen LogP contribution is 2.15. The number of aliphatic hydroxyl groups excluding tert-OH is 1. The first-order chi connectivity index (χ1) is 6.90. The number of benzene rings is 1. The third kappa shape index (κ3) is 2.14. The van der Waals surface area contributed by atoms with Gasteiger partial charge in [-0.2, -0.15) is 0 Å². The molecule has 1 aliphatic heterocycles. The standard InChI is InChI=1S/C12H17NO/c14-9-11-5-2-1-4-10(11)8-12-6-3-7-13-12/h1-2,4-5,12-14H,3,6-9H2. The lowest BCUT2D eigenvalue weighted by Crippen LogP contribution is -2.24. The van der Waals surface area contributed by atoms with Gasteiger partial charge in [-0.1, -0.05) is 24.3 Å². The van der Waals surface area contributed by atoms with E-state index in [1.807, 2.05) is 18.2 Å². The maximum Gasteiger partial charge on any atom is 0.0684 e. The Morgan fingerprint density at radius 2 is 2.07 bits per heavy atom. The maximum atomic E-state index is 9.17. The highest BCUT2D eigenvalue weighted by Gasteiger charge is 2.15. The van der Waals surface area contributed by atoms with Crippen LogP contribution < -0.4 is 5.32 Å². The molecule has 1 aromatic rings. The highest BCUT2D eigenvalue weighted by molar-refractivity contribution is 5.27. The van der Waals surface area contributed by atoms with Crippen molar-refractivity contribution < 1.29 is 5.11 Å². The average molecular weight is 191 g/mol. The number of hydrogen-bond donors (Lipinski definition) is 2. The van der Waals surface area contributed by atoms with Crippen molar-refractivity contribution in [3.8, 4) is 0 Å². The minimum Gasteiger partial charge on any atom is -0.392 e. The van der Waals surface area contributed by atoms with E-state index < -0.39 is 0 Å². The van der Waals surface area contributed by atoms with Crippen LogP contribution in [0, 0.1) is 0 Å². The van der Waals surface area contributed by atoms with Gasteiger partial charge in [-0.05, 0) is 36.9 Å². The summed E-state index contributed by atoms with van der Waals surface area (Å²) in [5.74, 6) is 0. The van der Waals surface area contributed by atoms with Crippen LogP contribution in [0.3, 0.4) is 0 Å². The summed E-state index contributed by atoms with van der Waals surface area (Å²) in [5, 5.41) is 12.6. The largest absolute Gasteiger partial charge is 0.392 e. The molecule has 1 unspecified atom stereocenters. The first kappa shape index (κ1) is 9.69. The Kier molecular flexibility index (Phi) is 3.17. The van der Waals surface area contributed by atoms with Crippen LogP contribution in [0.25, 0.3) is 0 Å². The second-order valence-electron chi connectivity index (χ2n) is 3.92. The van der Waals surface area contributed by atoms with E-state index in [0.717, 1.165) is 18.5 Å². The Balaban J connectivity index is 2.07. The van der Waals surface area contributed by atoms with Gasteiger partial charge in [-0.25, -0.2) is 0 Å². The van der Waals surface area contributed by atoms with Crippen molar-refractivity contribution in [2.45, 2.75) is 31.9 Å². The van der Waals surface area contributed by atoms with E-state index in [1.54, 1.807) is 0 Å². The van der Waals surface area contributed by atoms with E-state index in [9.17, 15) is 5.11 Å². The van der Waals surface area contributed by atoms with Gasteiger partial charge in [0.25, 0.3) is 0 Å². The van der Waals surface area contributed by atoms with Gasteiger partial charge >= 0.3 is 0 Å². The Morgan fingerprint density at radius 1 is 1.29 bits per heavy atom. The predicted molar refractivity (Wildman–Crippen MR) is 57.1 cm³/mol. The molecular weight excluding hydrogens is 174 g/mol. The van der Waals surface area contributed by atoms with E-state index >= 15 is 0 Å². The Bertz CT molecular complexity index is 292. The van der Waals surface area contributed by atoms with Gasteiger partial charge in [0.05, 0.1) is 6.61 Å². The van der Waals surface area contributed by atoms with Crippen molar-refractivity contribution in [3.05, 3.63) is 35.4 Å². The van der Waals surface area contributed by atoms with Crippen LogP contribution in [0.1, 0.15) is 24.0 Å². The molecule has 2 nitrogen and oxygen atoms in total. The predicted octanol–water partition coefficient (Wildman–Crippen LogP) is 1.47. The van der Waals surface area contributed by atoms with E-state index in [-0.39, 0.29) is 6.61 Å². The fraction of sp³-hybridized carbons (Fsp3) is 0.500. The molecule has 0 bridgehead atoms. The van der Waals surface area contributed by atoms with E-state index in [1.165, 1.54) is 18.4 Å². The van der Waals surface area contributed by atoms with Crippen molar-refractivity contribution in [2.75, 3.05) is 6.54 Å². The summed E-state index contributed by atoms with van der Waals surface area (Å²) in [6, 6.07) is 8.76. The van der Waals surface area contributed by atoms with Gasteiger partial charge in [0.2, 0.25) is 0 Å². The molecule has 0 saturated carbocycles. The van der Waals surface area contributed by atoms with Crippen LogP contribution in [0.15, 0.2) is 24.3 Å². The van der Waals surface area contributed by atoms with Crippen molar-refractivity contribution >= 4 is 0 Å². The van der Waals surface area contributed by atoms with Crippen molar-refractivity contribution in [1.29, 1.82) is 0 Å². The zero-order chi connectivity index (χ0) is 9.80. The summed E-state index contributed by atoms with van der Waals surface area (Å²) in [4.78, 5) is 0. The van der Waals surface area contributed by atoms with E-state index in [0.29, 0.717) is 6.04 Å². The maximum absolute atomic E-state index is 9.17. The normalized spacial score (nSPS) is 21.4. The Morgan fingerprint density at radius 3 is 2.71 bits per heavy atom. The lowest BCUT2D eigenvalue weighted by molar-refractivity contribution is 0.280. The molecule has 1 heterocycles. The summed E-state index contributed by atoms with van der Waals surface area (Å²) < 4.78 is 0. The zero-order valence-electron chi connectivity index (χ0n) is 8.37. The van der Waals surface area contributed by atoms with Gasteiger partial charge in [-0.15, -0.1) is 0 Å². The Labute approximate surface area is 85.0 Å². The van der Waals surface area contributed by atoms with Crippen molar-refractivity contribution in [3.63, 3.8) is 0 Å². The van der Waals surface area contributed by atoms with Crippen LogP contribution in [0.2, 0.25) is 0 Å². The monoisotopic (exact) mass is 191 g/mol. The fourth-order valence-corrected chi connectivity index (χ4v) is 2.11. The third-order valence-corrected chi connectivity index (χ3v) is 2.92. The van der Waals surface area contributed by atoms with Crippen LogP contribution in [0.5, 0.6) is 0 Å². The van der Waals surface area contributed by atoms with Crippen LogP contribution in [-0.2, 0) is 13.0 Å². The van der Waals surface area contributed by atoms with Gasteiger partial charge in [-0.3, -0.25) is 0 Å².